The Balaban J connectivity index is 2.23. The van der Waals surface area contributed by atoms with Gasteiger partial charge in [-0.1, -0.05) is 12.1 Å². The van der Waals surface area contributed by atoms with E-state index in [0.717, 1.165) is 5.56 Å². The molecule has 1 aliphatic rings. The average molecular weight is 296 g/mol. The molecule has 7 nitrogen and oxygen atoms in total. The number of aromatic nitrogens is 2. The summed E-state index contributed by atoms with van der Waals surface area (Å²) in [4.78, 5) is 18.6. The van der Waals surface area contributed by atoms with Crippen molar-refractivity contribution in [3.63, 3.8) is 0 Å². The van der Waals surface area contributed by atoms with Gasteiger partial charge < -0.3 is 20.2 Å². The number of methoxy groups -OCH3 is 1. The van der Waals surface area contributed by atoms with Crippen LogP contribution in [0.3, 0.4) is 0 Å². The van der Waals surface area contributed by atoms with Gasteiger partial charge in [0.05, 0.1) is 24.9 Å². The highest BCUT2D eigenvalue weighted by atomic mass is 16.5. The van der Waals surface area contributed by atoms with Crippen LogP contribution in [0.15, 0.2) is 46.8 Å². The minimum atomic E-state index is -0.628. The first-order chi connectivity index (χ1) is 10.7. The molecule has 0 saturated carbocycles. The number of ether oxygens (including phenoxy) is 2. The van der Waals surface area contributed by atoms with Crippen molar-refractivity contribution in [1.82, 2.24) is 9.97 Å². The zero-order chi connectivity index (χ0) is 15.7. The molecule has 7 heteroatoms. The van der Waals surface area contributed by atoms with E-state index in [2.05, 4.69) is 9.97 Å². The fourth-order valence-electron chi connectivity index (χ4n) is 2.42. The van der Waals surface area contributed by atoms with Gasteiger partial charge in [-0.3, -0.25) is 4.79 Å². The summed E-state index contributed by atoms with van der Waals surface area (Å²) in [7, 11) is 1.56. The van der Waals surface area contributed by atoms with Crippen LogP contribution in [0.2, 0.25) is 0 Å². The van der Waals surface area contributed by atoms with Crippen LogP contribution < -0.4 is 20.8 Å². The van der Waals surface area contributed by atoms with E-state index >= 15 is 0 Å². The largest absolute Gasteiger partial charge is 0.497 e. The maximum absolute atomic E-state index is 12.2. The number of rotatable bonds is 2. The summed E-state index contributed by atoms with van der Waals surface area (Å²) in [5.74, 6) is 0.110. The van der Waals surface area contributed by atoms with Gasteiger partial charge in [-0.25, -0.2) is 4.98 Å². The number of nitrogens with zero attached hydrogens (tertiary/aromatic N) is 2. The lowest BCUT2D eigenvalue weighted by molar-refractivity contribution is 0.375. The molecule has 2 heterocycles. The van der Waals surface area contributed by atoms with Crippen LogP contribution in [0, 0.1) is 11.3 Å². The van der Waals surface area contributed by atoms with Gasteiger partial charge in [-0.05, 0) is 17.7 Å². The summed E-state index contributed by atoms with van der Waals surface area (Å²) in [6.07, 6.45) is 1.23. The molecular formula is C15H12N4O3. The van der Waals surface area contributed by atoms with Crippen molar-refractivity contribution in [2.45, 2.75) is 5.92 Å². The Morgan fingerprint density at radius 2 is 2.14 bits per heavy atom. The second-order valence-electron chi connectivity index (χ2n) is 4.65. The Morgan fingerprint density at radius 1 is 1.41 bits per heavy atom. The Labute approximate surface area is 125 Å². The molecule has 0 bridgehead atoms. The molecule has 1 aliphatic heterocycles. The Kier molecular flexibility index (Phi) is 3.27. The normalized spacial score (nSPS) is 16.5. The molecule has 1 aromatic carbocycles. The zero-order valence-electron chi connectivity index (χ0n) is 11.7. The van der Waals surface area contributed by atoms with Gasteiger partial charge in [0.1, 0.15) is 17.4 Å². The smallest absolute Gasteiger partial charge is 0.258 e. The van der Waals surface area contributed by atoms with E-state index in [-0.39, 0.29) is 28.5 Å². The minimum absolute atomic E-state index is 0.0473. The van der Waals surface area contributed by atoms with Gasteiger partial charge in [-0.15, -0.1) is 0 Å². The van der Waals surface area contributed by atoms with Crippen molar-refractivity contribution in [2.24, 2.45) is 5.73 Å². The maximum atomic E-state index is 12.2. The van der Waals surface area contributed by atoms with E-state index in [1.807, 2.05) is 6.07 Å². The van der Waals surface area contributed by atoms with E-state index in [1.54, 1.807) is 31.4 Å². The molecule has 0 aliphatic carbocycles. The quantitative estimate of drug-likeness (QED) is 0.854. The molecule has 1 atom stereocenters. The Hall–Kier alpha value is -3.27. The van der Waals surface area contributed by atoms with Gasteiger partial charge in [0.2, 0.25) is 11.8 Å². The van der Waals surface area contributed by atoms with Crippen LogP contribution in [0.1, 0.15) is 17.0 Å². The standard InChI is InChI=1S/C15H12N4O3/c1-21-9-4-2-8(3-5-9)11-10(6-16)13(17)22-15-12(11)14(20)18-7-19-15/h2-5,7,11H,17H2,1H3,(H,18,19,20)/t11-/m0/s1. The SMILES string of the molecule is COc1ccc([C@H]2C(C#N)=C(N)Oc3nc[nH]c(=O)c32)cc1. The molecule has 0 radical (unpaired) electrons. The third kappa shape index (κ3) is 2.07. The van der Waals surface area contributed by atoms with E-state index < -0.39 is 5.92 Å². The fourth-order valence-corrected chi connectivity index (χ4v) is 2.42. The van der Waals surface area contributed by atoms with Crippen molar-refractivity contribution in [3.8, 4) is 17.7 Å². The van der Waals surface area contributed by atoms with E-state index in [1.165, 1.54) is 6.33 Å². The molecular weight excluding hydrogens is 284 g/mol. The van der Waals surface area contributed by atoms with Crippen LogP contribution in [0.25, 0.3) is 0 Å². The van der Waals surface area contributed by atoms with Gasteiger partial charge in [0.25, 0.3) is 5.56 Å². The summed E-state index contributed by atoms with van der Waals surface area (Å²) in [5.41, 5.74) is 6.59. The number of allylic oxidation sites excluding steroid dienone is 1. The second-order valence-corrected chi connectivity index (χ2v) is 4.65. The predicted octanol–water partition coefficient (Wildman–Crippen LogP) is 0.997. The molecule has 22 heavy (non-hydrogen) atoms. The van der Waals surface area contributed by atoms with E-state index in [0.29, 0.717) is 5.75 Å². The number of benzene rings is 1. The molecule has 0 spiro atoms. The van der Waals surface area contributed by atoms with Crippen molar-refractivity contribution in [3.05, 3.63) is 63.5 Å². The monoisotopic (exact) mass is 296 g/mol. The number of nitriles is 1. The molecule has 0 fully saturated rings. The number of nitrogens with two attached hydrogens (primary N) is 1. The van der Waals surface area contributed by atoms with Crippen LogP contribution in [0.4, 0.5) is 0 Å². The number of aromatic amines is 1. The van der Waals surface area contributed by atoms with Gasteiger partial charge in [-0.2, -0.15) is 5.26 Å². The summed E-state index contributed by atoms with van der Waals surface area (Å²) >= 11 is 0. The van der Waals surface area contributed by atoms with E-state index in [9.17, 15) is 10.1 Å². The number of H-pyrrole nitrogens is 1. The average Bonchev–Trinajstić information content (AvgIpc) is 2.54. The number of nitrogens with one attached hydrogen (secondary N) is 1. The highest BCUT2D eigenvalue weighted by Gasteiger charge is 2.33. The first kappa shape index (κ1) is 13.7. The minimum Gasteiger partial charge on any atom is -0.497 e. The molecule has 2 aromatic rings. The summed E-state index contributed by atoms with van der Waals surface area (Å²) in [5, 5.41) is 9.39. The third-order valence-electron chi connectivity index (χ3n) is 3.47. The first-order valence-electron chi connectivity index (χ1n) is 6.44. The molecule has 3 N–H and O–H groups in total. The number of hydrogen-bond donors (Lipinski definition) is 2. The highest BCUT2D eigenvalue weighted by molar-refractivity contribution is 5.53. The topological polar surface area (TPSA) is 114 Å². The van der Waals surface area contributed by atoms with Gasteiger partial charge >= 0.3 is 0 Å². The van der Waals surface area contributed by atoms with Crippen molar-refractivity contribution in [2.75, 3.05) is 7.11 Å². The van der Waals surface area contributed by atoms with Crippen molar-refractivity contribution >= 4 is 0 Å². The third-order valence-corrected chi connectivity index (χ3v) is 3.47. The van der Waals surface area contributed by atoms with Crippen LogP contribution >= 0.6 is 0 Å². The second kappa shape index (κ2) is 5.26. The zero-order valence-corrected chi connectivity index (χ0v) is 11.7. The number of hydrogen-bond acceptors (Lipinski definition) is 6. The molecule has 1 aromatic heterocycles. The van der Waals surface area contributed by atoms with Crippen molar-refractivity contribution < 1.29 is 9.47 Å². The summed E-state index contributed by atoms with van der Waals surface area (Å²) < 4.78 is 10.4. The molecule has 0 amide bonds. The number of fused-ring (bicyclic) bond motifs is 1. The molecule has 110 valence electrons. The van der Waals surface area contributed by atoms with Crippen LogP contribution in [-0.2, 0) is 0 Å². The molecule has 3 rings (SSSR count). The van der Waals surface area contributed by atoms with Crippen LogP contribution in [0.5, 0.6) is 11.6 Å². The lowest BCUT2D eigenvalue weighted by Gasteiger charge is -2.24. The summed E-state index contributed by atoms with van der Waals surface area (Å²) in [6, 6.07) is 9.06. The van der Waals surface area contributed by atoms with Gasteiger partial charge in [0.15, 0.2) is 0 Å². The molecule has 0 unspecified atom stereocenters. The molecule has 0 saturated heterocycles. The van der Waals surface area contributed by atoms with E-state index in [4.69, 9.17) is 15.2 Å². The lowest BCUT2D eigenvalue weighted by atomic mass is 9.85. The summed E-state index contributed by atoms with van der Waals surface area (Å²) in [6.45, 7) is 0. The maximum Gasteiger partial charge on any atom is 0.258 e. The van der Waals surface area contributed by atoms with Crippen molar-refractivity contribution in [1.29, 1.82) is 5.26 Å². The van der Waals surface area contributed by atoms with Crippen LogP contribution in [-0.4, -0.2) is 17.1 Å². The Bertz CT molecular complexity index is 846. The lowest BCUT2D eigenvalue weighted by Crippen LogP contribution is -2.28. The predicted molar refractivity (Wildman–Crippen MR) is 77.1 cm³/mol. The highest BCUT2D eigenvalue weighted by Crippen LogP contribution is 2.38. The first-order valence-corrected chi connectivity index (χ1v) is 6.44. The fraction of sp³-hybridized carbons (Fsp3) is 0.133. The van der Waals surface area contributed by atoms with Gasteiger partial charge in [0, 0.05) is 0 Å². The Morgan fingerprint density at radius 3 is 2.77 bits per heavy atom.